The van der Waals surface area contributed by atoms with Crippen molar-refractivity contribution in [1.29, 1.82) is 0 Å². The van der Waals surface area contributed by atoms with E-state index < -0.39 is 5.97 Å². The van der Waals surface area contributed by atoms with Gasteiger partial charge >= 0.3 is 5.97 Å². The molecule has 1 unspecified atom stereocenters. The first-order valence-corrected chi connectivity index (χ1v) is 9.05. The second-order valence-corrected chi connectivity index (χ2v) is 7.52. The third-order valence-corrected chi connectivity index (χ3v) is 6.20. The molecule has 118 valence electrons. The average molecular weight is 346 g/mol. The van der Waals surface area contributed by atoms with Crippen molar-refractivity contribution >= 4 is 44.8 Å². The molecular formula is C16H14N2O3S2. The number of likely N-dealkylation sites (tertiary alicyclic amines) is 1. The Hall–Kier alpha value is -2.12. The first-order valence-electron chi connectivity index (χ1n) is 7.29. The van der Waals surface area contributed by atoms with E-state index in [0.29, 0.717) is 17.1 Å². The molecule has 0 saturated carbocycles. The van der Waals surface area contributed by atoms with Gasteiger partial charge in [-0.25, -0.2) is 4.79 Å². The molecule has 0 bridgehead atoms. The van der Waals surface area contributed by atoms with Crippen molar-refractivity contribution in [2.45, 2.75) is 12.3 Å². The Morgan fingerprint density at radius 1 is 1.35 bits per heavy atom. The van der Waals surface area contributed by atoms with E-state index in [-0.39, 0.29) is 11.5 Å². The summed E-state index contributed by atoms with van der Waals surface area (Å²) in [5, 5.41) is 12.8. The van der Waals surface area contributed by atoms with Crippen molar-refractivity contribution < 1.29 is 14.7 Å². The summed E-state index contributed by atoms with van der Waals surface area (Å²) in [6, 6.07) is 5.91. The lowest BCUT2D eigenvalue weighted by molar-refractivity contribution is 0.0698. The highest BCUT2D eigenvalue weighted by molar-refractivity contribution is 7.17. The fourth-order valence-electron chi connectivity index (χ4n) is 3.05. The van der Waals surface area contributed by atoms with Crippen molar-refractivity contribution in [2.75, 3.05) is 13.1 Å². The molecule has 4 rings (SSSR count). The molecule has 1 aliphatic heterocycles. The summed E-state index contributed by atoms with van der Waals surface area (Å²) in [5.41, 5.74) is 1.24. The van der Waals surface area contributed by atoms with Crippen LogP contribution in [0.4, 0.5) is 0 Å². The van der Waals surface area contributed by atoms with Crippen LogP contribution in [-0.2, 0) is 0 Å². The lowest BCUT2D eigenvalue weighted by Crippen LogP contribution is -2.28. The topological polar surface area (TPSA) is 73.4 Å². The Kier molecular flexibility index (Phi) is 3.46. The Morgan fingerprint density at radius 3 is 2.96 bits per heavy atom. The fraction of sp³-hybridized carbons (Fsp3) is 0.250. The average Bonchev–Trinajstić information content (AvgIpc) is 3.27. The Bertz CT molecular complexity index is 879. The zero-order valence-corrected chi connectivity index (χ0v) is 13.7. The van der Waals surface area contributed by atoms with Crippen LogP contribution in [0.5, 0.6) is 0 Å². The maximum atomic E-state index is 12.7. The second-order valence-electron chi connectivity index (χ2n) is 5.63. The third-order valence-electron chi connectivity index (χ3n) is 4.24. The first kappa shape index (κ1) is 14.5. The third kappa shape index (κ3) is 2.46. The van der Waals surface area contributed by atoms with Gasteiger partial charge < -0.3 is 15.0 Å². The number of hydrogen-bond acceptors (Lipinski definition) is 4. The number of nitrogens with zero attached hydrogens (tertiary/aromatic N) is 1. The zero-order valence-electron chi connectivity index (χ0n) is 12.1. The summed E-state index contributed by atoms with van der Waals surface area (Å²) in [6.45, 7) is 1.46. The van der Waals surface area contributed by atoms with E-state index in [1.165, 1.54) is 16.2 Å². The van der Waals surface area contributed by atoms with Gasteiger partial charge in [-0.05, 0) is 23.9 Å². The van der Waals surface area contributed by atoms with Gasteiger partial charge in [-0.2, -0.15) is 0 Å². The number of thiophene rings is 2. The van der Waals surface area contributed by atoms with Gasteiger partial charge in [0.2, 0.25) is 0 Å². The van der Waals surface area contributed by atoms with Crippen LogP contribution >= 0.6 is 22.7 Å². The molecule has 0 radical (unpaired) electrons. The molecule has 1 aliphatic rings. The van der Waals surface area contributed by atoms with Gasteiger partial charge in [0.15, 0.2) is 0 Å². The van der Waals surface area contributed by atoms with E-state index in [4.69, 9.17) is 5.11 Å². The molecule has 5 nitrogen and oxygen atoms in total. The van der Waals surface area contributed by atoms with E-state index in [2.05, 4.69) is 16.4 Å². The highest BCUT2D eigenvalue weighted by Gasteiger charge is 2.29. The van der Waals surface area contributed by atoms with Crippen molar-refractivity contribution in [3.63, 3.8) is 0 Å². The van der Waals surface area contributed by atoms with Gasteiger partial charge in [-0.15, -0.1) is 22.7 Å². The van der Waals surface area contributed by atoms with Crippen molar-refractivity contribution in [3.05, 3.63) is 45.1 Å². The van der Waals surface area contributed by atoms with Crippen LogP contribution in [0.15, 0.2) is 29.0 Å². The molecule has 0 aliphatic carbocycles. The van der Waals surface area contributed by atoms with Gasteiger partial charge in [0.05, 0.1) is 15.8 Å². The predicted octanol–water partition coefficient (Wildman–Crippen LogP) is 3.62. The highest BCUT2D eigenvalue weighted by Crippen LogP contribution is 2.32. The smallest absolute Gasteiger partial charge is 0.338 e. The minimum atomic E-state index is -0.976. The largest absolute Gasteiger partial charge is 0.478 e. The number of hydrogen-bond donors (Lipinski definition) is 2. The number of carbonyl (C=O) groups is 2. The molecule has 0 spiro atoms. The van der Waals surface area contributed by atoms with Crippen LogP contribution in [0.3, 0.4) is 0 Å². The summed E-state index contributed by atoms with van der Waals surface area (Å²) in [7, 11) is 0. The SMILES string of the molecule is O=C(O)c1csc2cc(C(=O)N3CCC(c4cccs4)C3)[nH]c12. The van der Waals surface area contributed by atoms with Gasteiger partial charge in [-0.1, -0.05) is 6.07 Å². The number of aromatic amines is 1. The van der Waals surface area contributed by atoms with Crippen LogP contribution in [0.25, 0.3) is 10.2 Å². The van der Waals surface area contributed by atoms with E-state index >= 15 is 0 Å². The second kappa shape index (κ2) is 5.50. The number of carboxylic acid groups (broad SMARTS) is 1. The molecule has 3 aromatic rings. The molecule has 2 N–H and O–H groups in total. The van der Waals surface area contributed by atoms with Gasteiger partial charge in [0, 0.05) is 29.3 Å². The van der Waals surface area contributed by atoms with Crippen LogP contribution in [0, 0.1) is 0 Å². The van der Waals surface area contributed by atoms with Gasteiger partial charge in [0.25, 0.3) is 5.91 Å². The number of nitrogens with one attached hydrogen (secondary N) is 1. The van der Waals surface area contributed by atoms with Crippen LogP contribution in [-0.4, -0.2) is 40.0 Å². The minimum Gasteiger partial charge on any atom is -0.478 e. The fourth-order valence-corrected chi connectivity index (χ4v) is 4.84. The predicted molar refractivity (Wildman–Crippen MR) is 90.7 cm³/mol. The molecule has 0 aromatic carbocycles. The number of H-pyrrole nitrogens is 1. The van der Waals surface area contributed by atoms with E-state index in [1.807, 2.05) is 11.0 Å². The zero-order chi connectivity index (χ0) is 16.0. The summed E-state index contributed by atoms with van der Waals surface area (Å²) >= 11 is 3.07. The Balaban J connectivity index is 1.56. The van der Waals surface area contributed by atoms with Crippen LogP contribution in [0.2, 0.25) is 0 Å². The molecule has 1 saturated heterocycles. The number of carboxylic acids is 1. The maximum absolute atomic E-state index is 12.7. The summed E-state index contributed by atoms with van der Waals surface area (Å²) in [6.07, 6.45) is 0.974. The van der Waals surface area contributed by atoms with Crippen LogP contribution < -0.4 is 0 Å². The van der Waals surface area contributed by atoms with Gasteiger partial charge in [-0.3, -0.25) is 4.79 Å². The molecule has 23 heavy (non-hydrogen) atoms. The molecule has 4 heterocycles. The van der Waals surface area contributed by atoms with Crippen LogP contribution in [0.1, 0.15) is 38.1 Å². The van der Waals surface area contributed by atoms with E-state index in [9.17, 15) is 9.59 Å². The molecule has 1 fully saturated rings. The molecule has 1 atom stereocenters. The summed E-state index contributed by atoms with van der Waals surface area (Å²) in [5.74, 6) is -0.621. The molecule has 1 amide bonds. The van der Waals surface area contributed by atoms with Crippen molar-refractivity contribution in [3.8, 4) is 0 Å². The quantitative estimate of drug-likeness (QED) is 0.761. The van der Waals surface area contributed by atoms with E-state index in [0.717, 1.165) is 24.2 Å². The summed E-state index contributed by atoms with van der Waals surface area (Å²) in [4.78, 5) is 30.0. The Morgan fingerprint density at radius 2 is 2.22 bits per heavy atom. The van der Waals surface area contributed by atoms with Gasteiger partial charge in [0.1, 0.15) is 5.69 Å². The lowest BCUT2D eigenvalue weighted by atomic mass is 10.1. The molecule has 3 aromatic heterocycles. The maximum Gasteiger partial charge on any atom is 0.338 e. The number of aromatic nitrogens is 1. The number of amides is 1. The summed E-state index contributed by atoms with van der Waals surface area (Å²) < 4.78 is 0.805. The lowest BCUT2D eigenvalue weighted by Gasteiger charge is -2.15. The van der Waals surface area contributed by atoms with Crippen molar-refractivity contribution in [1.82, 2.24) is 9.88 Å². The highest BCUT2D eigenvalue weighted by atomic mass is 32.1. The van der Waals surface area contributed by atoms with E-state index in [1.54, 1.807) is 22.8 Å². The Labute approximate surface area is 140 Å². The number of aromatic carboxylic acids is 1. The van der Waals surface area contributed by atoms with Crippen molar-refractivity contribution in [2.24, 2.45) is 0 Å². The number of fused-ring (bicyclic) bond motifs is 1. The minimum absolute atomic E-state index is 0.0520. The molecular weight excluding hydrogens is 332 g/mol. The molecule has 7 heteroatoms. The monoisotopic (exact) mass is 346 g/mol. The first-order chi connectivity index (χ1) is 11.1. The standard InChI is InChI=1S/C16H14N2O3S2/c19-15(18-4-3-9(7-18)12-2-1-5-22-12)11-6-13-14(17-11)10(8-23-13)16(20)21/h1-2,5-6,8-9,17H,3-4,7H2,(H,20,21). The number of rotatable bonds is 3. The normalized spacial score (nSPS) is 17.9. The number of carbonyl (C=O) groups excluding carboxylic acids is 1.